The molecule has 0 bridgehead atoms. The standard InChI is InChI=1S/C18H36O/c1-3-5-7-9-11-13-15-17-18(19)16-14-12-10-8-6-4-2/h17,19H,3-16H2,1-2H3/b18-17+. The molecule has 0 aliphatic carbocycles. The molecule has 19 heavy (non-hydrogen) atoms. The Morgan fingerprint density at radius 2 is 1.16 bits per heavy atom. The highest BCUT2D eigenvalue weighted by molar-refractivity contribution is 4.90. The molecular weight excluding hydrogens is 232 g/mol. The molecule has 0 amide bonds. The van der Waals surface area contributed by atoms with E-state index in [0.717, 1.165) is 19.3 Å². The van der Waals surface area contributed by atoms with Crippen molar-refractivity contribution < 1.29 is 5.11 Å². The summed E-state index contributed by atoms with van der Waals surface area (Å²) < 4.78 is 0. The molecule has 0 saturated heterocycles. The second-order valence-corrected chi connectivity index (χ2v) is 5.77. The molecule has 0 radical (unpaired) electrons. The summed E-state index contributed by atoms with van der Waals surface area (Å²) in [7, 11) is 0. The fourth-order valence-corrected chi connectivity index (χ4v) is 2.38. The van der Waals surface area contributed by atoms with E-state index in [1.165, 1.54) is 70.6 Å². The Bertz CT molecular complexity index is 196. The van der Waals surface area contributed by atoms with Gasteiger partial charge in [0.1, 0.15) is 0 Å². The highest BCUT2D eigenvalue weighted by atomic mass is 16.3. The van der Waals surface area contributed by atoms with Crippen LogP contribution in [0.4, 0.5) is 0 Å². The number of rotatable bonds is 14. The molecule has 0 aliphatic heterocycles. The molecule has 0 atom stereocenters. The molecule has 0 saturated carbocycles. The maximum atomic E-state index is 9.75. The number of aliphatic hydroxyl groups is 1. The fourth-order valence-electron chi connectivity index (χ4n) is 2.38. The van der Waals surface area contributed by atoms with Crippen molar-refractivity contribution >= 4 is 0 Å². The van der Waals surface area contributed by atoms with Gasteiger partial charge in [-0.2, -0.15) is 0 Å². The SMILES string of the molecule is CCCCCCCC/C=C(/O)CCCCCCCC. The van der Waals surface area contributed by atoms with Gasteiger partial charge >= 0.3 is 0 Å². The smallest absolute Gasteiger partial charge is 0.0882 e. The van der Waals surface area contributed by atoms with Crippen molar-refractivity contribution in [2.24, 2.45) is 0 Å². The van der Waals surface area contributed by atoms with Crippen LogP contribution in [0.25, 0.3) is 0 Å². The van der Waals surface area contributed by atoms with Gasteiger partial charge in [-0.15, -0.1) is 0 Å². The van der Waals surface area contributed by atoms with Crippen LogP contribution in [-0.4, -0.2) is 5.11 Å². The Labute approximate surface area is 121 Å². The van der Waals surface area contributed by atoms with E-state index in [9.17, 15) is 5.11 Å². The van der Waals surface area contributed by atoms with Gasteiger partial charge in [0.25, 0.3) is 0 Å². The highest BCUT2D eigenvalue weighted by Crippen LogP contribution is 2.12. The van der Waals surface area contributed by atoms with Crippen molar-refractivity contribution in [3.8, 4) is 0 Å². The molecule has 1 heteroatoms. The van der Waals surface area contributed by atoms with Gasteiger partial charge in [0.05, 0.1) is 5.76 Å². The average Bonchev–Trinajstić information content (AvgIpc) is 2.41. The lowest BCUT2D eigenvalue weighted by atomic mass is 10.1. The van der Waals surface area contributed by atoms with Crippen LogP contribution in [0, 0.1) is 0 Å². The number of aliphatic hydroxyl groups excluding tert-OH is 1. The van der Waals surface area contributed by atoms with E-state index in [1.54, 1.807) is 0 Å². The fraction of sp³-hybridized carbons (Fsp3) is 0.889. The molecule has 1 N–H and O–H groups in total. The van der Waals surface area contributed by atoms with Gasteiger partial charge in [-0.1, -0.05) is 78.1 Å². The van der Waals surface area contributed by atoms with Gasteiger partial charge in [0.15, 0.2) is 0 Å². The van der Waals surface area contributed by atoms with Crippen molar-refractivity contribution in [2.75, 3.05) is 0 Å². The Morgan fingerprint density at radius 3 is 1.74 bits per heavy atom. The van der Waals surface area contributed by atoms with Gasteiger partial charge in [0, 0.05) is 6.42 Å². The highest BCUT2D eigenvalue weighted by Gasteiger charge is 1.95. The Kier molecular flexibility index (Phi) is 15.2. The Morgan fingerprint density at radius 1 is 0.684 bits per heavy atom. The topological polar surface area (TPSA) is 20.2 Å². The van der Waals surface area contributed by atoms with Crippen LogP contribution < -0.4 is 0 Å². The molecule has 0 rings (SSSR count). The molecule has 114 valence electrons. The monoisotopic (exact) mass is 268 g/mol. The minimum Gasteiger partial charge on any atom is -0.513 e. The van der Waals surface area contributed by atoms with Crippen LogP contribution in [0.15, 0.2) is 11.8 Å². The van der Waals surface area contributed by atoms with Gasteiger partial charge < -0.3 is 5.11 Å². The molecular formula is C18H36O. The third-order valence-corrected chi connectivity index (χ3v) is 3.72. The molecule has 0 aromatic rings. The molecule has 0 spiro atoms. The molecule has 0 unspecified atom stereocenters. The largest absolute Gasteiger partial charge is 0.513 e. The number of hydrogen-bond donors (Lipinski definition) is 1. The first kappa shape index (κ1) is 18.5. The van der Waals surface area contributed by atoms with Crippen LogP contribution in [0.2, 0.25) is 0 Å². The second-order valence-electron chi connectivity index (χ2n) is 5.77. The third-order valence-electron chi connectivity index (χ3n) is 3.72. The maximum Gasteiger partial charge on any atom is 0.0882 e. The predicted octanol–water partition coefficient (Wildman–Crippen LogP) is 6.93. The van der Waals surface area contributed by atoms with Crippen LogP contribution in [-0.2, 0) is 0 Å². The van der Waals surface area contributed by atoms with Crippen LogP contribution in [0.1, 0.15) is 104 Å². The summed E-state index contributed by atoms with van der Waals surface area (Å²) in [6.07, 6.45) is 19.8. The van der Waals surface area contributed by atoms with Crippen molar-refractivity contribution in [1.82, 2.24) is 0 Å². The lowest BCUT2D eigenvalue weighted by Gasteiger charge is -2.02. The molecule has 0 heterocycles. The lowest BCUT2D eigenvalue weighted by Crippen LogP contribution is -1.85. The van der Waals surface area contributed by atoms with Crippen LogP contribution in [0.3, 0.4) is 0 Å². The second kappa shape index (κ2) is 15.6. The van der Waals surface area contributed by atoms with Gasteiger partial charge in [0.2, 0.25) is 0 Å². The molecule has 0 fully saturated rings. The molecule has 0 aliphatic rings. The van der Waals surface area contributed by atoms with Crippen LogP contribution in [0.5, 0.6) is 0 Å². The molecule has 0 aromatic carbocycles. The van der Waals surface area contributed by atoms with E-state index in [4.69, 9.17) is 0 Å². The normalized spacial score (nSPS) is 12.0. The van der Waals surface area contributed by atoms with E-state index in [2.05, 4.69) is 13.8 Å². The number of hydrogen-bond acceptors (Lipinski definition) is 1. The van der Waals surface area contributed by atoms with Crippen LogP contribution >= 0.6 is 0 Å². The number of allylic oxidation sites excluding steroid dienone is 2. The Hall–Kier alpha value is -0.460. The minimum atomic E-state index is 0.629. The van der Waals surface area contributed by atoms with Crippen molar-refractivity contribution in [3.05, 3.63) is 11.8 Å². The summed E-state index contributed by atoms with van der Waals surface area (Å²) in [5.41, 5.74) is 0. The number of unbranched alkanes of at least 4 members (excludes halogenated alkanes) is 11. The van der Waals surface area contributed by atoms with Crippen molar-refractivity contribution in [3.63, 3.8) is 0 Å². The van der Waals surface area contributed by atoms with Crippen molar-refractivity contribution in [1.29, 1.82) is 0 Å². The summed E-state index contributed by atoms with van der Waals surface area (Å²) >= 11 is 0. The van der Waals surface area contributed by atoms with Crippen molar-refractivity contribution in [2.45, 2.75) is 104 Å². The predicted molar refractivity (Wildman–Crippen MR) is 86.7 cm³/mol. The molecule has 0 aromatic heterocycles. The average molecular weight is 268 g/mol. The summed E-state index contributed by atoms with van der Waals surface area (Å²) in [6.45, 7) is 4.50. The van der Waals surface area contributed by atoms with Gasteiger partial charge in [-0.3, -0.25) is 0 Å². The Balaban J connectivity index is 3.25. The first-order valence-electron chi connectivity index (χ1n) is 8.69. The van der Waals surface area contributed by atoms with Gasteiger partial charge in [-0.05, 0) is 25.3 Å². The molecule has 1 nitrogen and oxygen atoms in total. The zero-order valence-corrected chi connectivity index (χ0v) is 13.4. The summed E-state index contributed by atoms with van der Waals surface area (Å²) in [4.78, 5) is 0. The van der Waals surface area contributed by atoms with E-state index in [-0.39, 0.29) is 0 Å². The summed E-state index contributed by atoms with van der Waals surface area (Å²) in [6, 6.07) is 0. The van der Waals surface area contributed by atoms with E-state index in [0.29, 0.717) is 5.76 Å². The summed E-state index contributed by atoms with van der Waals surface area (Å²) in [5, 5.41) is 9.75. The van der Waals surface area contributed by atoms with E-state index >= 15 is 0 Å². The maximum absolute atomic E-state index is 9.75. The quantitative estimate of drug-likeness (QED) is 0.267. The zero-order chi connectivity index (χ0) is 14.2. The van der Waals surface area contributed by atoms with E-state index in [1.807, 2.05) is 6.08 Å². The first-order valence-corrected chi connectivity index (χ1v) is 8.69. The zero-order valence-electron chi connectivity index (χ0n) is 13.4. The first-order chi connectivity index (χ1) is 9.31. The minimum absolute atomic E-state index is 0.629. The lowest BCUT2D eigenvalue weighted by molar-refractivity contribution is 0.376. The summed E-state index contributed by atoms with van der Waals surface area (Å²) in [5.74, 6) is 0.629. The van der Waals surface area contributed by atoms with E-state index < -0.39 is 0 Å². The van der Waals surface area contributed by atoms with Gasteiger partial charge in [-0.25, -0.2) is 0 Å². The third kappa shape index (κ3) is 15.5.